The zero-order valence-corrected chi connectivity index (χ0v) is 16.1. The molecule has 0 saturated heterocycles. The number of nitrogens with one attached hydrogen (secondary N) is 1. The number of hydrogen-bond acceptors (Lipinski definition) is 5. The molecule has 0 bridgehead atoms. The monoisotopic (exact) mass is 405 g/mol. The minimum atomic E-state index is -2.62. The Morgan fingerprint density at radius 1 is 1.26 bits per heavy atom. The highest BCUT2D eigenvalue weighted by molar-refractivity contribution is 7.99. The Balaban J connectivity index is 1.56. The van der Waals surface area contributed by atoms with Crippen LogP contribution in [0.3, 0.4) is 0 Å². The summed E-state index contributed by atoms with van der Waals surface area (Å²) in [5, 5.41) is 5.84. The van der Waals surface area contributed by atoms with Crippen LogP contribution in [0.25, 0.3) is 11.3 Å². The predicted octanol–water partition coefficient (Wildman–Crippen LogP) is 4.80. The molecule has 8 heteroatoms. The van der Waals surface area contributed by atoms with Gasteiger partial charge in [-0.2, -0.15) is 8.78 Å². The van der Waals surface area contributed by atoms with E-state index in [1.807, 2.05) is 36.6 Å². The molecule has 0 fully saturated rings. The van der Waals surface area contributed by atoms with E-state index in [1.54, 1.807) is 17.4 Å². The van der Waals surface area contributed by atoms with E-state index in [2.05, 4.69) is 15.3 Å². The van der Waals surface area contributed by atoms with E-state index in [1.165, 1.54) is 12.3 Å². The largest absolute Gasteiger partial charge is 0.352 e. The molecule has 0 spiro atoms. The van der Waals surface area contributed by atoms with Crippen LogP contribution in [0.4, 0.5) is 8.78 Å². The third kappa shape index (κ3) is 5.33. The number of thioether (sulfide) groups is 1. The summed E-state index contributed by atoms with van der Waals surface area (Å²) in [4.78, 5) is 20.6. The van der Waals surface area contributed by atoms with Gasteiger partial charge in [0.15, 0.2) is 0 Å². The van der Waals surface area contributed by atoms with Crippen molar-refractivity contribution in [1.82, 2.24) is 15.3 Å². The highest BCUT2D eigenvalue weighted by atomic mass is 32.2. The first-order valence-electron chi connectivity index (χ1n) is 8.22. The van der Waals surface area contributed by atoms with Crippen molar-refractivity contribution in [3.8, 4) is 11.3 Å². The molecular formula is C19H17F2N3OS2. The van der Waals surface area contributed by atoms with Gasteiger partial charge in [-0.25, -0.2) is 9.97 Å². The van der Waals surface area contributed by atoms with E-state index in [0.717, 1.165) is 21.8 Å². The fourth-order valence-corrected chi connectivity index (χ4v) is 3.70. The van der Waals surface area contributed by atoms with Gasteiger partial charge in [-0.05, 0) is 42.8 Å². The van der Waals surface area contributed by atoms with Crippen LogP contribution in [-0.4, -0.2) is 28.2 Å². The molecule has 0 aliphatic heterocycles. The summed E-state index contributed by atoms with van der Waals surface area (Å²) in [6.45, 7) is 2.38. The maximum Gasteiger partial charge on any atom is 0.290 e. The summed E-state index contributed by atoms with van der Waals surface area (Å²) in [5.41, 5.74) is 3.24. The average Bonchev–Trinajstić information content (AvgIpc) is 3.08. The third-order valence-electron chi connectivity index (χ3n) is 3.78. The molecule has 3 aromatic rings. The van der Waals surface area contributed by atoms with Crippen LogP contribution in [0.15, 0.2) is 53.0 Å². The number of nitrogens with zero attached hydrogens (tertiary/aromatic N) is 2. The number of benzene rings is 1. The Bertz CT molecular complexity index is 913. The van der Waals surface area contributed by atoms with Crippen molar-refractivity contribution in [1.29, 1.82) is 0 Å². The van der Waals surface area contributed by atoms with Crippen LogP contribution < -0.4 is 5.32 Å². The van der Waals surface area contributed by atoms with Gasteiger partial charge >= 0.3 is 0 Å². The van der Waals surface area contributed by atoms with Crippen molar-refractivity contribution in [3.05, 3.63) is 64.1 Å². The topological polar surface area (TPSA) is 54.9 Å². The number of carbonyl (C=O) groups excluding carboxylic acids is 1. The van der Waals surface area contributed by atoms with Crippen molar-refractivity contribution in [3.63, 3.8) is 0 Å². The normalized spacial score (nSPS) is 11.0. The highest BCUT2D eigenvalue weighted by Gasteiger charge is 2.16. The number of thiazole rings is 1. The molecule has 3 rings (SSSR count). The molecule has 0 atom stereocenters. The first-order valence-corrected chi connectivity index (χ1v) is 9.98. The van der Waals surface area contributed by atoms with Crippen LogP contribution in [0.1, 0.15) is 20.9 Å². The molecule has 27 heavy (non-hydrogen) atoms. The Labute approximate surface area is 164 Å². The number of amides is 1. The van der Waals surface area contributed by atoms with E-state index >= 15 is 0 Å². The van der Waals surface area contributed by atoms with Gasteiger partial charge in [-0.15, -0.1) is 11.3 Å². The summed E-state index contributed by atoms with van der Waals surface area (Å²) in [5.74, 6) is -3.02. The number of alkyl halides is 2. The number of rotatable bonds is 7. The maximum atomic E-state index is 12.6. The zero-order valence-electron chi connectivity index (χ0n) is 14.5. The minimum Gasteiger partial charge on any atom is -0.352 e. The third-order valence-corrected chi connectivity index (χ3v) is 5.28. The van der Waals surface area contributed by atoms with Crippen LogP contribution in [-0.2, 0) is 6.42 Å². The number of hydrogen-bond donors (Lipinski definition) is 1. The van der Waals surface area contributed by atoms with E-state index < -0.39 is 11.7 Å². The average molecular weight is 405 g/mol. The number of halogens is 2. The van der Waals surface area contributed by atoms with Crippen molar-refractivity contribution < 1.29 is 13.6 Å². The molecule has 0 unspecified atom stereocenters. The fraction of sp³-hybridized carbons (Fsp3) is 0.211. The molecule has 1 aromatic carbocycles. The van der Waals surface area contributed by atoms with E-state index in [4.69, 9.17) is 0 Å². The Hall–Kier alpha value is -2.32. The molecule has 140 valence electrons. The van der Waals surface area contributed by atoms with Gasteiger partial charge in [0, 0.05) is 23.7 Å². The van der Waals surface area contributed by atoms with Crippen molar-refractivity contribution >= 4 is 29.0 Å². The highest BCUT2D eigenvalue weighted by Crippen LogP contribution is 2.26. The minimum absolute atomic E-state index is 0.0351. The number of pyridine rings is 1. The van der Waals surface area contributed by atoms with Crippen molar-refractivity contribution in [2.75, 3.05) is 6.54 Å². The maximum absolute atomic E-state index is 12.6. The van der Waals surface area contributed by atoms with E-state index in [-0.39, 0.29) is 22.4 Å². The smallest absolute Gasteiger partial charge is 0.290 e. The number of carbonyl (C=O) groups is 1. The zero-order chi connectivity index (χ0) is 19.2. The lowest BCUT2D eigenvalue weighted by molar-refractivity contribution is 0.0950. The van der Waals surface area contributed by atoms with Crippen LogP contribution >= 0.6 is 23.1 Å². The second-order valence-corrected chi connectivity index (χ2v) is 7.73. The molecule has 0 radical (unpaired) electrons. The first kappa shape index (κ1) is 19.4. The number of aryl methyl sites for hydroxylation is 1. The molecule has 4 nitrogen and oxygen atoms in total. The summed E-state index contributed by atoms with van der Waals surface area (Å²) in [6, 6.07) is 11.1. The SMILES string of the molecule is Cc1nc(-c2ccc(CCNC(=O)c3cccnc3SC(F)F)cc2)cs1. The lowest BCUT2D eigenvalue weighted by atomic mass is 10.1. The standard InChI is InChI=1S/C19H17F2N3OS2/c1-12-24-16(11-26-12)14-6-4-13(5-7-14)8-10-22-17(25)15-3-2-9-23-18(15)27-19(20)21/h2-7,9,11,19H,8,10H2,1H3,(H,22,25). The predicted molar refractivity (Wildman–Crippen MR) is 104 cm³/mol. The fourth-order valence-electron chi connectivity index (χ4n) is 2.50. The van der Waals surface area contributed by atoms with Crippen molar-refractivity contribution in [2.24, 2.45) is 0 Å². The Morgan fingerprint density at radius 2 is 2.04 bits per heavy atom. The molecule has 0 saturated carbocycles. The Kier molecular flexibility index (Phi) is 6.52. The van der Waals surface area contributed by atoms with Crippen LogP contribution in [0.5, 0.6) is 0 Å². The molecule has 1 N–H and O–H groups in total. The van der Waals surface area contributed by atoms with Gasteiger partial charge in [0.1, 0.15) is 5.03 Å². The van der Waals surface area contributed by atoms with Gasteiger partial charge in [-0.3, -0.25) is 4.79 Å². The van der Waals surface area contributed by atoms with Crippen LogP contribution in [0.2, 0.25) is 0 Å². The number of aromatic nitrogens is 2. The second kappa shape index (κ2) is 9.05. The summed E-state index contributed by atoms with van der Waals surface area (Å²) < 4.78 is 25.2. The van der Waals surface area contributed by atoms with Gasteiger partial charge in [0.25, 0.3) is 11.7 Å². The second-order valence-electron chi connectivity index (χ2n) is 5.69. The van der Waals surface area contributed by atoms with Gasteiger partial charge < -0.3 is 5.32 Å². The molecule has 2 heterocycles. The van der Waals surface area contributed by atoms with E-state index in [0.29, 0.717) is 13.0 Å². The van der Waals surface area contributed by atoms with Gasteiger partial charge in [0.05, 0.1) is 16.3 Å². The Morgan fingerprint density at radius 3 is 2.70 bits per heavy atom. The quantitative estimate of drug-likeness (QED) is 0.574. The molecule has 0 aliphatic carbocycles. The first-order chi connectivity index (χ1) is 13.0. The molecular weight excluding hydrogens is 388 g/mol. The van der Waals surface area contributed by atoms with Crippen molar-refractivity contribution in [2.45, 2.75) is 24.1 Å². The van der Waals surface area contributed by atoms with Crippen LogP contribution in [0, 0.1) is 6.92 Å². The lowest BCUT2D eigenvalue weighted by Crippen LogP contribution is -2.26. The summed E-state index contributed by atoms with van der Waals surface area (Å²) >= 11 is 1.88. The molecule has 1 amide bonds. The summed E-state index contributed by atoms with van der Waals surface area (Å²) in [6.07, 6.45) is 2.03. The van der Waals surface area contributed by atoms with Gasteiger partial charge in [0.2, 0.25) is 0 Å². The summed E-state index contributed by atoms with van der Waals surface area (Å²) in [7, 11) is 0. The van der Waals surface area contributed by atoms with Gasteiger partial charge in [-0.1, -0.05) is 24.3 Å². The van der Waals surface area contributed by atoms with E-state index in [9.17, 15) is 13.6 Å². The molecule has 0 aliphatic rings. The molecule has 2 aromatic heterocycles. The lowest BCUT2D eigenvalue weighted by Gasteiger charge is -2.09.